The van der Waals surface area contributed by atoms with Gasteiger partial charge in [0.25, 0.3) is 0 Å². The maximum absolute atomic E-state index is 12.2. The molecule has 4 nitrogen and oxygen atoms in total. The number of unbranched alkanes of at least 4 members (excludes halogenated alkanes) is 3. The van der Waals surface area contributed by atoms with Crippen LogP contribution < -0.4 is 0 Å². The average Bonchev–Trinajstić information content (AvgIpc) is 2.36. The summed E-state index contributed by atoms with van der Waals surface area (Å²) in [4.78, 5) is 0. The van der Waals surface area contributed by atoms with Gasteiger partial charge in [-0.05, 0) is 19.3 Å². The zero-order valence-corrected chi connectivity index (χ0v) is 12.2. The maximum Gasteiger partial charge on any atom is 0.336 e. The summed E-state index contributed by atoms with van der Waals surface area (Å²) in [7, 11) is 0. The summed E-state index contributed by atoms with van der Waals surface area (Å²) in [5.74, 6) is -1.82. The zero-order chi connectivity index (χ0) is 13.7. The maximum atomic E-state index is 12.2. The highest BCUT2D eigenvalue weighted by Gasteiger charge is 2.31. The van der Waals surface area contributed by atoms with Crippen molar-refractivity contribution in [1.82, 2.24) is 0 Å². The van der Waals surface area contributed by atoms with Gasteiger partial charge < -0.3 is 14.2 Å². The van der Waals surface area contributed by atoms with Crippen molar-refractivity contribution in [2.45, 2.75) is 65.3 Å². The molecule has 0 aliphatic rings. The molecule has 0 aromatic rings. The summed E-state index contributed by atoms with van der Waals surface area (Å²) in [6.45, 7) is 7.64. The molecule has 0 saturated heterocycles. The van der Waals surface area contributed by atoms with Crippen molar-refractivity contribution >= 4 is 0 Å². The first kappa shape index (κ1) is 17.8. The monoisotopic (exact) mass is 261 g/mol. The molecule has 0 unspecified atom stereocenters. The standard InChI is InChI=1S/C14H29O4/c1-4-7-10-16-13-14(15,17-11-8-5-2)18-12-9-6-3/h4-13H2,1-3H3. The third-order valence-electron chi connectivity index (χ3n) is 2.56. The molecule has 0 spiro atoms. The predicted octanol–water partition coefficient (Wildman–Crippen LogP) is 3.52. The molecule has 0 aliphatic heterocycles. The van der Waals surface area contributed by atoms with Crippen LogP contribution in [-0.4, -0.2) is 32.4 Å². The Balaban J connectivity index is 3.95. The van der Waals surface area contributed by atoms with Crippen LogP contribution in [0.2, 0.25) is 0 Å². The van der Waals surface area contributed by atoms with Gasteiger partial charge in [0.15, 0.2) is 0 Å². The van der Waals surface area contributed by atoms with Crippen molar-refractivity contribution < 1.29 is 19.3 Å². The van der Waals surface area contributed by atoms with Crippen LogP contribution in [0.3, 0.4) is 0 Å². The second-order valence-corrected chi connectivity index (χ2v) is 4.49. The molecule has 0 bridgehead atoms. The van der Waals surface area contributed by atoms with Crippen LogP contribution in [0.25, 0.3) is 0 Å². The summed E-state index contributed by atoms with van der Waals surface area (Å²) >= 11 is 0. The highest BCUT2D eigenvalue weighted by Crippen LogP contribution is 2.13. The van der Waals surface area contributed by atoms with Crippen molar-refractivity contribution in [3.63, 3.8) is 0 Å². The van der Waals surface area contributed by atoms with Crippen LogP contribution in [-0.2, 0) is 19.3 Å². The van der Waals surface area contributed by atoms with Crippen LogP contribution in [0, 0.1) is 0 Å². The lowest BCUT2D eigenvalue weighted by Crippen LogP contribution is -2.40. The molecule has 0 atom stereocenters. The molecule has 0 aromatic heterocycles. The first-order chi connectivity index (χ1) is 8.68. The molecule has 0 amide bonds. The van der Waals surface area contributed by atoms with Crippen LogP contribution in [0.5, 0.6) is 0 Å². The van der Waals surface area contributed by atoms with E-state index in [1.807, 2.05) is 0 Å². The van der Waals surface area contributed by atoms with E-state index in [0.717, 1.165) is 38.5 Å². The van der Waals surface area contributed by atoms with Gasteiger partial charge >= 0.3 is 5.97 Å². The molecule has 4 heteroatoms. The molecule has 0 aromatic carbocycles. The van der Waals surface area contributed by atoms with Crippen molar-refractivity contribution in [2.75, 3.05) is 26.4 Å². The molecule has 1 radical (unpaired) electrons. The Morgan fingerprint density at radius 3 is 1.67 bits per heavy atom. The SMILES string of the molecule is CCCCOCC([O])(OCCCC)OCCCC. The van der Waals surface area contributed by atoms with E-state index in [9.17, 15) is 5.11 Å². The van der Waals surface area contributed by atoms with Gasteiger partial charge in [-0.1, -0.05) is 40.0 Å². The Morgan fingerprint density at radius 2 is 1.22 bits per heavy atom. The molecular formula is C14H29O4. The van der Waals surface area contributed by atoms with Crippen molar-refractivity contribution in [2.24, 2.45) is 0 Å². The van der Waals surface area contributed by atoms with Gasteiger partial charge in [-0.3, -0.25) is 0 Å². The summed E-state index contributed by atoms with van der Waals surface area (Å²) in [5, 5.41) is 12.2. The van der Waals surface area contributed by atoms with Gasteiger partial charge in [0.1, 0.15) is 6.61 Å². The van der Waals surface area contributed by atoms with Gasteiger partial charge in [0.2, 0.25) is 0 Å². The van der Waals surface area contributed by atoms with Gasteiger partial charge in [0.05, 0.1) is 13.2 Å². The highest BCUT2D eigenvalue weighted by atomic mass is 16.8. The van der Waals surface area contributed by atoms with E-state index in [-0.39, 0.29) is 6.61 Å². The molecule has 0 fully saturated rings. The van der Waals surface area contributed by atoms with E-state index < -0.39 is 5.97 Å². The van der Waals surface area contributed by atoms with E-state index in [1.165, 1.54) is 0 Å². The van der Waals surface area contributed by atoms with Crippen LogP contribution in [0.4, 0.5) is 0 Å². The van der Waals surface area contributed by atoms with Gasteiger partial charge in [0, 0.05) is 6.61 Å². The van der Waals surface area contributed by atoms with Crippen LogP contribution >= 0.6 is 0 Å². The number of hydrogen-bond donors (Lipinski definition) is 0. The minimum atomic E-state index is -1.82. The lowest BCUT2D eigenvalue weighted by molar-refractivity contribution is -0.402. The molecule has 0 aliphatic carbocycles. The molecule has 0 rings (SSSR count). The fourth-order valence-corrected chi connectivity index (χ4v) is 1.31. The Bertz CT molecular complexity index is 163. The Labute approximate surface area is 112 Å². The second-order valence-electron chi connectivity index (χ2n) is 4.49. The van der Waals surface area contributed by atoms with Gasteiger partial charge in [-0.25, -0.2) is 0 Å². The lowest BCUT2D eigenvalue weighted by atomic mass is 10.3. The molecule has 0 saturated carbocycles. The van der Waals surface area contributed by atoms with Gasteiger partial charge in [-0.15, -0.1) is 0 Å². The minimum Gasteiger partial charge on any atom is -0.373 e. The van der Waals surface area contributed by atoms with Gasteiger partial charge in [-0.2, -0.15) is 5.11 Å². The van der Waals surface area contributed by atoms with E-state index in [4.69, 9.17) is 14.2 Å². The van der Waals surface area contributed by atoms with E-state index in [2.05, 4.69) is 20.8 Å². The van der Waals surface area contributed by atoms with E-state index in [1.54, 1.807) is 0 Å². The van der Waals surface area contributed by atoms with E-state index >= 15 is 0 Å². The topological polar surface area (TPSA) is 47.6 Å². The minimum absolute atomic E-state index is 0.0274. The molecular weight excluding hydrogens is 232 g/mol. The number of rotatable bonds is 13. The zero-order valence-electron chi connectivity index (χ0n) is 12.2. The Kier molecular flexibility index (Phi) is 11.8. The number of hydrogen-bond acceptors (Lipinski definition) is 3. The van der Waals surface area contributed by atoms with Crippen molar-refractivity contribution in [3.05, 3.63) is 0 Å². The largest absolute Gasteiger partial charge is 0.373 e. The molecule has 109 valence electrons. The lowest BCUT2D eigenvalue weighted by Gasteiger charge is -2.25. The Hall–Kier alpha value is -0.160. The fourth-order valence-electron chi connectivity index (χ4n) is 1.31. The third kappa shape index (κ3) is 9.83. The second kappa shape index (κ2) is 11.9. The van der Waals surface area contributed by atoms with Crippen molar-refractivity contribution in [1.29, 1.82) is 0 Å². The average molecular weight is 261 g/mol. The molecule has 0 N–H and O–H groups in total. The fraction of sp³-hybridized carbons (Fsp3) is 1.00. The van der Waals surface area contributed by atoms with Crippen molar-refractivity contribution in [3.8, 4) is 0 Å². The van der Waals surface area contributed by atoms with Crippen LogP contribution in [0.15, 0.2) is 0 Å². The summed E-state index contributed by atoms with van der Waals surface area (Å²) in [5.41, 5.74) is 0. The Morgan fingerprint density at radius 1 is 0.778 bits per heavy atom. The molecule has 18 heavy (non-hydrogen) atoms. The van der Waals surface area contributed by atoms with E-state index in [0.29, 0.717) is 19.8 Å². The first-order valence-electron chi connectivity index (χ1n) is 7.24. The van der Waals surface area contributed by atoms with Crippen LogP contribution in [0.1, 0.15) is 59.3 Å². The summed E-state index contributed by atoms with van der Waals surface area (Å²) in [6.07, 6.45) is 5.76. The third-order valence-corrected chi connectivity index (χ3v) is 2.56. The molecule has 0 heterocycles. The number of ether oxygens (including phenoxy) is 3. The summed E-state index contributed by atoms with van der Waals surface area (Å²) < 4.78 is 15.9. The predicted molar refractivity (Wildman–Crippen MR) is 70.9 cm³/mol. The first-order valence-corrected chi connectivity index (χ1v) is 7.24. The quantitative estimate of drug-likeness (QED) is 0.376. The normalized spacial score (nSPS) is 12.0. The summed E-state index contributed by atoms with van der Waals surface area (Å²) in [6, 6.07) is 0. The smallest absolute Gasteiger partial charge is 0.336 e. The highest BCUT2D eigenvalue weighted by molar-refractivity contribution is 4.54.